The van der Waals surface area contributed by atoms with E-state index in [4.69, 9.17) is 10.5 Å². The zero-order valence-corrected chi connectivity index (χ0v) is 10.5. The number of carbonyl (C=O) groups excluding carboxylic acids is 2. The van der Waals surface area contributed by atoms with Crippen LogP contribution in [0.15, 0.2) is 48.5 Å². The first kappa shape index (κ1) is 13.7. The minimum absolute atomic E-state index is 0.101. The maximum absolute atomic E-state index is 13.4. The van der Waals surface area contributed by atoms with E-state index in [-0.39, 0.29) is 18.0 Å². The monoisotopic (exact) mass is 273 g/mol. The lowest BCUT2D eigenvalue weighted by molar-refractivity contribution is -0.117. The van der Waals surface area contributed by atoms with Gasteiger partial charge in [-0.2, -0.15) is 0 Å². The Morgan fingerprint density at radius 3 is 2.30 bits per heavy atom. The van der Waals surface area contributed by atoms with Crippen molar-refractivity contribution in [2.45, 2.75) is 6.42 Å². The number of hydrogen-bond acceptors (Lipinski definition) is 3. The van der Waals surface area contributed by atoms with Crippen molar-refractivity contribution in [2.24, 2.45) is 5.73 Å². The van der Waals surface area contributed by atoms with E-state index in [1.165, 1.54) is 36.4 Å². The first-order chi connectivity index (χ1) is 9.56. The Morgan fingerprint density at radius 1 is 1.05 bits per heavy atom. The Hall–Kier alpha value is -2.69. The molecular weight excluding hydrogens is 261 g/mol. The molecule has 4 nitrogen and oxygen atoms in total. The Bertz CT molecular complexity index is 638. The molecule has 0 aromatic heterocycles. The minimum Gasteiger partial charge on any atom is -0.454 e. The molecule has 5 heteroatoms. The molecule has 1 amide bonds. The number of rotatable bonds is 5. The first-order valence-corrected chi connectivity index (χ1v) is 5.90. The molecule has 0 fully saturated rings. The molecule has 0 aliphatic carbocycles. The number of amides is 1. The molecule has 0 heterocycles. The lowest BCUT2D eigenvalue weighted by Crippen LogP contribution is -2.16. The number of ether oxygens (including phenoxy) is 1. The van der Waals surface area contributed by atoms with Crippen LogP contribution in [0, 0.1) is 5.82 Å². The van der Waals surface area contributed by atoms with Crippen LogP contribution in [0.1, 0.15) is 16.8 Å². The average molecular weight is 273 g/mol. The lowest BCUT2D eigenvalue weighted by Gasteiger charge is -2.07. The van der Waals surface area contributed by atoms with Gasteiger partial charge in [-0.3, -0.25) is 9.59 Å². The Morgan fingerprint density at radius 2 is 1.70 bits per heavy atom. The van der Waals surface area contributed by atoms with E-state index in [1.54, 1.807) is 12.1 Å². The highest BCUT2D eigenvalue weighted by atomic mass is 19.1. The summed E-state index contributed by atoms with van der Waals surface area (Å²) in [5.74, 6) is -1.02. The summed E-state index contributed by atoms with van der Waals surface area (Å²) < 4.78 is 18.7. The quantitative estimate of drug-likeness (QED) is 0.672. The van der Waals surface area contributed by atoms with Crippen LogP contribution >= 0.6 is 0 Å². The predicted octanol–water partition coefficient (Wildman–Crippen LogP) is 2.68. The normalized spacial score (nSPS) is 10.1. The Labute approximate surface area is 115 Å². The predicted molar refractivity (Wildman–Crippen MR) is 71.1 cm³/mol. The molecule has 0 spiro atoms. The molecule has 2 aromatic carbocycles. The summed E-state index contributed by atoms with van der Waals surface area (Å²) in [6, 6.07) is 12.1. The number of primary amides is 1. The molecule has 0 aliphatic heterocycles. The number of ketones is 1. The fourth-order valence-electron chi connectivity index (χ4n) is 1.62. The van der Waals surface area contributed by atoms with Crippen molar-refractivity contribution < 1.29 is 18.7 Å². The van der Waals surface area contributed by atoms with E-state index < -0.39 is 11.7 Å². The molecule has 20 heavy (non-hydrogen) atoms. The fourth-order valence-corrected chi connectivity index (χ4v) is 1.62. The van der Waals surface area contributed by atoms with Gasteiger partial charge in [0.2, 0.25) is 5.91 Å². The van der Waals surface area contributed by atoms with Crippen molar-refractivity contribution in [3.05, 3.63) is 59.9 Å². The summed E-state index contributed by atoms with van der Waals surface area (Å²) in [4.78, 5) is 22.2. The van der Waals surface area contributed by atoms with E-state index >= 15 is 0 Å². The molecule has 102 valence electrons. The largest absolute Gasteiger partial charge is 0.454 e. The van der Waals surface area contributed by atoms with Crippen molar-refractivity contribution in [2.75, 3.05) is 0 Å². The van der Waals surface area contributed by atoms with Gasteiger partial charge in [0, 0.05) is 5.56 Å². The maximum Gasteiger partial charge on any atom is 0.225 e. The number of hydrogen-bond donors (Lipinski definition) is 1. The first-order valence-electron chi connectivity index (χ1n) is 5.90. The third-order valence-corrected chi connectivity index (χ3v) is 2.58. The van der Waals surface area contributed by atoms with Crippen LogP contribution in [0.4, 0.5) is 4.39 Å². The topological polar surface area (TPSA) is 69.4 Å². The van der Waals surface area contributed by atoms with Gasteiger partial charge in [0.15, 0.2) is 17.3 Å². The van der Waals surface area contributed by atoms with Gasteiger partial charge < -0.3 is 10.5 Å². The van der Waals surface area contributed by atoms with Crippen molar-refractivity contribution in [3.8, 4) is 11.5 Å². The van der Waals surface area contributed by atoms with Gasteiger partial charge in [-0.1, -0.05) is 12.1 Å². The van der Waals surface area contributed by atoms with Crippen LogP contribution in [0.5, 0.6) is 11.5 Å². The Balaban J connectivity index is 2.11. The minimum atomic E-state index is -0.679. The van der Waals surface area contributed by atoms with Gasteiger partial charge in [0.25, 0.3) is 0 Å². The molecule has 0 saturated heterocycles. The summed E-state index contributed by atoms with van der Waals surface area (Å²) in [5.41, 5.74) is 5.30. The Kier molecular flexibility index (Phi) is 4.10. The average Bonchev–Trinajstić information content (AvgIpc) is 2.41. The highest BCUT2D eigenvalue weighted by Gasteiger charge is 2.09. The van der Waals surface area contributed by atoms with E-state index in [9.17, 15) is 14.0 Å². The van der Waals surface area contributed by atoms with Crippen LogP contribution in [-0.2, 0) is 4.79 Å². The molecule has 2 rings (SSSR count). The number of halogens is 1. The number of benzene rings is 2. The van der Waals surface area contributed by atoms with Gasteiger partial charge in [0.05, 0.1) is 6.42 Å². The molecule has 2 aromatic rings. The number of para-hydroxylation sites is 1. The summed E-state index contributed by atoms with van der Waals surface area (Å²) >= 11 is 0. The summed E-state index contributed by atoms with van der Waals surface area (Å²) in [6.07, 6.45) is -0.340. The summed E-state index contributed by atoms with van der Waals surface area (Å²) in [5, 5.41) is 0. The maximum atomic E-state index is 13.4. The molecule has 2 N–H and O–H groups in total. The molecule has 0 saturated carbocycles. The molecule has 0 unspecified atom stereocenters. The van der Waals surface area contributed by atoms with Gasteiger partial charge in [-0.25, -0.2) is 4.39 Å². The molecule has 0 aliphatic rings. The molecule has 0 radical (unpaired) electrons. The number of Topliss-reactive ketones (excluding diaryl/α,β-unsaturated/α-hetero) is 1. The van der Waals surface area contributed by atoms with Gasteiger partial charge in [0.1, 0.15) is 5.75 Å². The van der Waals surface area contributed by atoms with Crippen LogP contribution in [0.25, 0.3) is 0 Å². The standard InChI is InChI=1S/C15H12FNO3/c16-12-3-1-2-4-14(12)20-11-7-5-10(6-8-11)13(18)9-15(17)19/h1-8H,9H2,(H2,17,19). The smallest absolute Gasteiger partial charge is 0.225 e. The highest BCUT2D eigenvalue weighted by molar-refractivity contribution is 6.06. The zero-order valence-electron chi connectivity index (χ0n) is 10.5. The van der Waals surface area contributed by atoms with Crippen LogP contribution in [0.3, 0.4) is 0 Å². The van der Waals surface area contributed by atoms with Crippen molar-refractivity contribution >= 4 is 11.7 Å². The molecule has 0 bridgehead atoms. The number of carbonyl (C=O) groups is 2. The van der Waals surface area contributed by atoms with Crippen molar-refractivity contribution in [3.63, 3.8) is 0 Å². The highest BCUT2D eigenvalue weighted by Crippen LogP contribution is 2.24. The number of nitrogens with two attached hydrogens (primary N) is 1. The third-order valence-electron chi connectivity index (χ3n) is 2.58. The second-order valence-electron chi connectivity index (χ2n) is 4.12. The van der Waals surface area contributed by atoms with Gasteiger partial charge in [-0.15, -0.1) is 0 Å². The summed E-state index contributed by atoms with van der Waals surface area (Å²) in [6.45, 7) is 0. The van der Waals surface area contributed by atoms with Gasteiger partial charge >= 0.3 is 0 Å². The van der Waals surface area contributed by atoms with Gasteiger partial charge in [-0.05, 0) is 36.4 Å². The third kappa shape index (κ3) is 3.41. The van der Waals surface area contributed by atoms with Crippen LogP contribution in [0.2, 0.25) is 0 Å². The van der Waals surface area contributed by atoms with Crippen LogP contribution < -0.4 is 10.5 Å². The lowest BCUT2D eigenvalue weighted by atomic mass is 10.1. The summed E-state index contributed by atoms with van der Waals surface area (Å²) in [7, 11) is 0. The van der Waals surface area contributed by atoms with E-state index in [2.05, 4.69) is 0 Å². The zero-order chi connectivity index (χ0) is 14.5. The SMILES string of the molecule is NC(=O)CC(=O)c1ccc(Oc2ccccc2F)cc1. The molecule has 0 atom stereocenters. The van der Waals surface area contributed by atoms with Crippen LogP contribution in [-0.4, -0.2) is 11.7 Å². The van der Waals surface area contributed by atoms with E-state index in [0.717, 1.165) is 0 Å². The van der Waals surface area contributed by atoms with E-state index in [1.807, 2.05) is 0 Å². The fraction of sp³-hybridized carbons (Fsp3) is 0.0667. The van der Waals surface area contributed by atoms with Crippen molar-refractivity contribution in [1.29, 1.82) is 0 Å². The second kappa shape index (κ2) is 5.97. The van der Waals surface area contributed by atoms with E-state index in [0.29, 0.717) is 11.3 Å². The van der Waals surface area contributed by atoms with Crippen molar-refractivity contribution in [1.82, 2.24) is 0 Å². The molecular formula is C15H12FNO3. The second-order valence-corrected chi connectivity index (χ2v) is 4.12.